The topological polar surface area (TPSA) is 38.2 Å². The molecule has 0 N–H and O–H groups in total. The predicted octanol–water partition coefficient (Wildman–Crippen LogP) is 2.81. The zero-order valence-electron chi connectivity index (χ0n) is 12.3. The van der Waals surface area contributed by atoms with Crippen LogP contribution in [0, 0.1) is 5.82 Å². The Hall–Kier alpha value is -1.75. The molecule has 0 aromatic carbocycles. The van der Waals surface area contributed by atoms with Gasteiger partial charge in [0.05, 0.1) is 24.3 Å². The van der Waals surface area contributed by atoms with E-state index < -0.39 is 0 Å². The minimum Gasteiger partial charge on any atom is -0.481 e. The summed E-state index contributed by atoms with van der Waals surface area (Å²) in [5.41, 5.74) is 1.97. The third-order valence-electron chi connectivity index (χ3n) is 4.08. The highest BCUT2D eigenvalue weighted by Crippen LogP contribution is 2.22. The molecule has 0 saturated carbocycles. The number of methoxy groups -OCH3 is 1. The van der Waals surface area contributed by atoms with Gasteiger partial charge in [-0.1, -0.05) is 6.42 Å². The lowest BCUT2D eigenvalue weighted by atomic mass is 10.1. The number of hydrogen-bond acceptors (Lipinski definition) is 4. The summed E-state index contributed by atoms with van der Waals surface area (Å²) >= 11 is 0. The maximum absolute atomic E-state index is 14.1. The second-order valence-electron chi connectivity index (χ2n) is 5.46. The molecule has 3 rings (SSSR count). The van der Waals surface area contributed by atoms with E-state index in [9.17, 15) is 4.39 Å². The number of fused-ring (bicyclic) bond motifs is 1. The molecule has 5 heteroatoms. The molecule has 1 saturated heterocycles. The Balaban J connectivity index is 1.86. The SMILES string of the molecule is COc1ccc2ncc(F)c(CCN3CCCCC3)c2n1. The van der Waals surface area contributed by atoms with Gasteiger partial charge in [0.2, 0.25) is 5.88 Å². The Morgan fingerprint density at radius 1 is 1.24 bits per heavy atom. The summed E-state index contributed by atoms with van der Waals surface area (Å²) in [6, 6.07) is 3.58. The van der Waals surface area contributed by atoms with Crippen molar-refractivity contribution in [1.82, 2.24) is 14.9 Å². The monoisotopic (exact) mass is 289 g/mol. The number of rotatable bonds is 4. The Bertz CT molecular complexity index is 626. The first kappa shape index (κ1) is 14.2. The summed E-state index contributed by atoms with van der Waals surface area (Å²) in [7, 11) is 1.56. The molecule has 1 fully saturated rings. The fraction of sp³-hybridized carbons (Fsp3) is 0.500. The molecule has 3 heterocycles. The van der Waals surface area contributed by atoms with Gasteiger partial charge in [-0.25, -0.2) is 9.37 Å². The number of likely N-dealkylation sites (tertiary alicyclic amines) is 1. The molecule has 2 aromatic heterocycles. The second kappa shape index (κ2) is 6.35. The summed E-state index contributed by atoms with van der Waals surface area (Å²) in [5.74, 6) is 0.217. The van der Waals surface area contributed by atoms with Crippen molar-refractivity contribution in [3.63, 3.8) is 0 Å². The Morgan fingerprint density at radius 3 is 2.81 bits per heavy atom. The van der Waals surface area contributed by atoms with Gasteiger partial charge >= 0.3 is 0 Å². The lowest BCUT2D eigenvalue weighted by Crippen LogP contribution is -2.31. The van der Waals surface area contributed by atoms with Crippen LogP contribution in [0.15, 0.2) is 18.3 Å². The largest absolute Gasteiger partial charge is 0.481 e. The highest BCUT2D eigenvalue weighted by Gasteiger charge is 2.15. The molecule has 1 aliphatic heterocycles. The minimum absolute atomic E-state index is 0.278. The molecule has 0 unspecified atom stereocenters. The van der Waals surface area contributed by atoms with Gasteiger partial charge in [-0.2, -0.15) is 0 Å². The normalized spacial score (nSPS) is 16.3. The molecular weight excluding hydrogens is 269 g/mol. The van der Waals surface area contributed by atoms with Gasteiger partial charge in [0, 0.05) is 18.2 Å². The molecule has 112 valence electrons. The van der Waals surface area contributed by atoms with E-state index in [1.54, 1.807) is 13.2 Å². The van der Waals surface area contributed by atoms with Crippen LogP contribution in [0.5, 0.6) is 5.88 Å². The number of ether oxygens (including phenoxy) is 1. The van der Waals surface area contributed by atoms with Crippen molar-refractivity contribution in [3.8, 4) is 5.88 Å². The van der Waals surface area contributed by atoms with Crippen LogP contribution in [-0.2, 0) is 6.42 Å². The second-order valence-corrected chi connectivity index (χ2v) is 5.46. The van der Waals surface area contributed by atoms with E-state index >= 15 is 0 Å². The molecule has 0 aliphatic carbocycles. The van der Waals surface area contributed by atoms with Crippen molar-refractivity contribution < 1.29 is 9.13 Å². The number of pyridine rings is 2. The summed E-state index contributed by atoms with van der Waals surface area (Å²) < 4.78 is 19.3. The van der Waals surface area contributed by atoms with E-state index in [2.05, 4.69) is 14.9 Å². The van der Waals surface area contributed by atoms with E-state index in [1.165, 1.54) is 25.5 Å². The average molecular weight is 289 g/mol. The van der Waals surface area contributed by atoms with Crippen LogP contribution in [-0.4, -0.2) is 41.6 Å². The molecule has 0 atom stereocenters. The maximum atomic E-state index is 14.1. The lowest BCUT2D eigenvalue weighted by molar-refractivity contribution is 0.231. The Kier molecular flexibility index (Phi) is 4.29. The first-order chi connectivity index (χ1) is 10.3. The minimum atomic E-state index is -0.278. The summed E-state index contributed by atoms with van der Waals surface area (Å²) in [6.45, 7) is 3.09. The van der Waals surface area contributed by atoms with Gasteiger partial charge in [-0.15, -0.1) is 0 Å². The Morgan fingerprint density at radius 2 is 2.05 bits per heavy atom. The van der Waals surface area contributed by atoms with Crippen LogP contribution < -0.4 is 4.74 Å². The smallest absolute Gasteiger partial charge is 0.213 e. The van der Waals surface area contributed by atoms with Crippen molar-refractivity contribution in [2.75, 3.05) is 26.7 Å². The van der Waals surface area contributed by atoms with Crippen molar-refractivity contribution in [2.24, 2.45) is 0 Å². The van der Waals surface area contributed by atoms with Crippen LogP contribution in [0.25, 0.3) is 11.0 Å². The van der Waals surface area contributed by atoms with Gasteiger partial charge in [0.15, 0.2) is 0 Å². The quantitative estimate of drug-likeness (QED) is 0.867. The fourth-order valence-corrected chi connectivity index (χ4v) is 2.88. The van der Waals surface area contributed by atoms with E-state index in [1.807, 2.05) is 6.07 Å². The molecular formula is C16H20FN3O. The number of hydrogen-bond donors (Lipinski definition) is 0. The van der Waals surface area contributed by atoms with Crippen LogP contribution in [0.1, 0.15) is 24.8 Å². The van der Waals surface area contributed by atoms with Gasteiger partial charge in [-0.05, 0) is 38.4 Å². The molecule has 0 amide bonds. The fourth-order valence-electron chi connectivity index (χ4n) is 2.88. The third kappa shape index (κ3) is 3.13. The maximum Gasteiger partial charge on any atom is 0.213 e. The van der Waals surface area contributed by atoms with E-state index in [4.69, 9.17) is 4.74 Å². The van der Waals surface area contributed by atoms with E-state index in [0.29, 0.717) is 28.9 Å². The summed E-state index contributed by atoms with van der Waals surface area (Å²) in [4.78, 5) is 10.9. The summed E-state index contributed by atoms with van der Waals surface area (Å²) in [6.07, 6.45) is 5.74. The first-order valence-corrected chi connectivity index (χ1v) is 7.48. The Labute approximate surface area is 124 Å². The first-order valence-electron chi connectivity index (χ1n) is 7.48. The van der Waals surface area contributed by atoms with E-state index in [0.717, 1.165) is 19.6 Å². The standard InChI is InChI=1S/C16H20FN3O/c1-21-15-6-5-14-16(19-15)12(13(17)11-18-14)7-10-20-8-3-2-4-9-20/h5-6,11H,2-4,7-10H2,1H3. The number of halogens is 1. The van der Waals surface area contributed by atoms with Crippen LogP contribution >= 0.6 is 0 Å². The molecule has 0 bridgehead atoms. The highest BCUT2D eigenvalue weighted by molar-refractivity contribution is 5.78. The van der Waals surface area contributed by atoms with Gasteiger partial charge in [0.25, 0.3) is 0 Å². The highest BCUT2D eigenvalue weighted by atomic mass is 19.1. The third-order valence-corrected chi connectivity index (χ3v) is 4.08. The molecule has 0 spiro atoms. The van der Waals surface area contributed by atoms with Crippen molar-refractivity contribution in [1.29, 1.82) is 0 Å². The van der Waals surface area contributed by atoms with Gasteiger partial charge in [-0.3, -0.25) is 4.98 Å². The number of nitrogens with zero attached hydrogens (tertiary/aromatic N) is 3. The molecule has 2 aromatic rings. The molecule has 1 aliphatic rings. The number of aromatic nitrogens is 2. The van der Waals surface area contributed by atoms with Gasteiger partial charge < -0.3 is 9.64 Å². The van der Waals surface area contributed by atoms with Gasteiger partial charge in [0.1, 0.15) is 5.82 Å². The van der Waals surface area contributed by atoms with Crippen molar-refractivity contribution >= 4 is 11.0 Å². The zero-order chi connectivity index (χ0) is 14.7. The van der Waals surface area contributed by atoms with Crippen LogP contribution in [0.4, 0.5) is 4.39 Å². The summed E-state index contributed by atoms with van der Waals surface area (Å²) in [5, 5.41) is 0. The lowest BCUT2D eigenvalue weighted by Gasteiger charge is -2.26. The van der Waals surface area contributed by atoms with Crippen molar-refractivity contribution in [2.45, 2.75) is 25.7 Å². The van der Waals surface area contributed by atoms with E-state index in [-0.39, 0.29) is 5.82 Å². The zero-order valence-corrected chi connectivity index (χ0v) is 12.3. The molecule has 4 nitrogen and oxygen atoms in total. The van der Waals surface area contributed by atoms with Crippen LogP contribution in [0.3, 0.4) is 0 Å². The average Bonchev–Trinajstić information content (AvgIpc) is 2.54. The molecule has 0 radical (unpaired) electrons. The number of piperidine rings is 1. The van der Waals surface area contributed by atoms with Crippen LogP contribution in [0.2, 0.25) is 0 Å². The predicted molar refractivity (Wildman–Crippen MR) is 80.0 cm³/mol. The molecule has 21 heavy (non-hydrogen) atoms. The van der Waals surface area contributed by atoms with Crippen molar-refractivity contribution in [3.05, 3.63) is 29.7 Å².